The maximum Gasteiger partial charge on any atom is 0.360 e. The molecular formula is C12H16N2O5. The van der Waals surface area contributed by atoms with Gasteiger partial charge in [-0.15, -0.1) is 0 Å². The van der Waals surface area contributed by atoms with Crippen LogP contribution in [0.25, 0.3) is 0 Å². The van der Waals surface area contributed by atoms with Gasteiger partial charge in [0.25, 0.3) is 6.01 Å². The Labute approximate surface area is 110 Å². The lowest BCUT2D eigenvalue weighted by molar-refractivity contribution is -0.141. The van der Waals surface area contributed by atoms with Gasteiger partial charge in [-0.25, -0.2) is 4.79 Å². The van der Waals surface area contributed by atoms with Crippen molar-refractivity contribution in [2.75, 3.05) is 11.9 Å². The van der Waals surface area contributed by atoms with Crippen LogP contribution in [-0.2, 0) is 9.53 Å². The molecule has 1 aromatic rings. The Kier molecular flexibility index (Phi) is 4.03. The van der Waals surface area contributed by atoms with Gasteiger partial charge in [0.1, 0.15) is 6.26 Å². The molecule has 7 nitrogen and oxygen atoms in total. The van der Waals surface area contributed by atoms with Crippen molar-refractivity contribution in [3.8, 4) is 0 Å². The van der Waals surface area contributed by atoms with E-state index >= 15 is 0 Å². The zero-order chi connectivity index (χ0) is 13.8. The molecule has 7 heteroatoms. The third kappa shape index (κ3) is 3.04. The zero-order valence-corrected chi connectivity index (χ0v) is 10.6. The van der Waals surface area contributed by atoms with Crippen LogP contribution in [0.5, 0.6) is 0 Å². The molecule has 1 aliphatic carbocycles. The largest absolute Gasteiger partial charge is 0.481 e. The number of hydrogen-bond donors (Lipinski definition) is 2. The molecule has 1 aromatic heterocycles. The number of carbonyl (C=O) groups excluding carboxylic acids is 1. The number of aromatic nitrogens is 1. The summed E-state index contributed by atoms with van der Waals surface area (Å²) in [5.74, 6) is -1.83. The van der Waals surface area contributed by atoms with Gasteiger partial charge >= 0.3 is 11.9 Å². The first-order valence-corrected chi connectivity index (χ1v) is 6.23. The van der Waals surface area contributed by atoms with Gasteiger partial charge < -0.3 is 19.6 Å². The van der Waals surface area contributed by atoms with Gasteiger partial charge in [-0.2, -0.15) is 4.98 Å². The van der Waals surface area contributed by atoms with Crippen LogP contribution < -0.4 is 5.32 Å². The maximum absolute atomic E-state index is 11.4. The lowest BCUT2D eigenvalue weighted by atomic mass is 10.0. The number of oxazole rings is 1. The highest BCUT2D eigenvalue weighted by Gasteiger charge is 2.33. The summed E-state index contributed by atoms with van der Waals surface area (Å²) in [6.07, 6.45) is 3.43. The van der Waals surface area contributed by atoms with E-state index < -0.39 is 17.9 Å². The fourth-order valence-electron chi connectivity index (χ4n) is 2.23. The summed E-state index contributed by atoms with van der Waals surface area (Å²) < 4.78 is 9.89. The number of ether oxygens (including phenoxy) is 1. The van der Waals surface area contributed by atoms with Crippen molar-refractivity contribution in [3.05, 3.63) is 12.0 Å². The number of esters is 1. The third-order valence-corrected chi connectivity index (χ3v) is 3.13. The molecule has 1 heterocycles. The van der Waals surface area contributed by atoms with E-state index in [-0.39, 0.29) is 24.4 Å². The van der Waals surface area contributed by atoms with E-state index in [9.17, 15) is 9.59 Å². The fraction of sp³-hybridized carbons (Fsp3) is 0.583. The summed E-state index contributed by atoms with van der Waals surface area (Å²) in [4.78, 5) is 26.4. The summed E-state index contributed by atoms with van der Waals surface area (Å²) >= 11 is 0. The number of nitrogens with zero attached hydrogens (tertiary/aromatic N) is 1. The molecule has 0 radical (unpaired) electrons. The number of nitrogens with one attached hydrogen (secondary N) is 1. The molecule has 2 rings (SSSR count). The zero-order valence-electron chi connectivity index (χ0n) is 10.6. The number of carbonyl (C=O) groups is 2. The first-order chi connectivity index (χ1) is 9.11. The Hall–Kier alpha value is -2.05. The summed E-state index contributed by atoms with van der Waals surface area (Å²) in [7, 11) is 0. The summed E-state index contributed by atoms with van der Waals surface area (Å²) in [5.41, 5.74) is 0.0780. The van der Waals surface area contributed by atoms with Crippen LogP contribution in [-0.4, -0.2) is 34.7 Å². The van der Waals surface area contributed by atoms with Crippen LogP contribution in [0, 0.1) is 5.92 Å². The topological polar surface area (TPSA) is 102 Å². The molecule has 0 aromatic carbocycles. The summed E-state index contributed by atoms with van der Waals surface area (Å²) in [5, 5.41) is 12.0. The molecule has 2 atom stereocenters. The number of hydrogen-bond acceptors (Lipinski definition) is 6. The Morgan fingerprint density at radius 3 is 3.05 bits per heavy atom. The lowest BCUT2D eigenvalue weighted by Gasteiger charge is -2.15. The SMILES string of the molecule is CCOC(=O)c1coc(NC2CCCC2C(=O)O)n1. The van der Waals surface area contributed by atoms with E-state index in [1.165, 1.54) is 6.26 Å². The van der Waals surface area contributed by atoms with E-state index in [0.29, 0.717) is 6.42 Å². The molecule has 0 amide bonds. The smallest absolute Gasteiger partial charge is 0.360 e. The summed E-state index contributed by atoms with van der Waals surface area (Å²) in [6.45, 7) is 1.96. The molecule has 0 bridgehead atoms. The highest BCUT2D eigenvalue weighted by molar-refractivity contribution is 5.87. The number of aliphatic carboxylic acids is 1. The van der Waals surface area contributed by atoms with E-state index in [0.717, 1.165) is 12.8 Å². The van der Waals surface area contributed by atoms with Crippen molar-refractivity contribution in [2.45, 2.75) is 32.2 Å². The standard InChI is InChI=1S/C12H16N2O5/c1-2-18-11(17)9-6-19-12(14-9)13-8-5-3-4-7(8)10(15)16/h6-8H,2-5H2,1H3,(H,13,14)(H,15,16). The first-order valence-electron chi connectivity index (χ1n) is 6.23. The minimum absolute atomic E-state index is 0.0780. The Bertz CT molecular complexity index is 470. The minimum Gasteiger partial charge on any atom is -0.481 e. The monoisotopic (exact) mass is 268 g/mol. The van der Waals surface area contributed by atoms with E-state index in [1.807, 2.05) is 0 Å². The minimum atomic E-state index is -0.827. The Morgan fingerprint density at radius 2 is 2.37 bits per heavy atom. The van der Waals surface area contributed by atoms with Gasteiger partial charge in [0, 0.05) is 6.04 Å². The molecule has 2 N–H and O–H groups in total. The van der Waals surface area contributed by atoms with Gasteiger partial charge in [0.15, 0.2) is 5.69 Å². The van der Waals surface area contributed by atoms with Gasteiger partial charge in [-0.3, -0.25) is 4.79 Å². The average Bonchev–Trinajstić information content (AvgIpc) is 2.99. The second kappa shape index (κ2) is 5.73. The highest BCUT2D eigenvalue weighted by atomic mass is 16.5. The van der Waals surface area contributed by atoms with E-state index in [1.54, 1.807) is 6.92 Å². The molecule has 104 valence electrons. The van der Waals surface area contributed by atoms with Gasteiger partial charge in [-0.05, 0) is 19.8 Å². The first kappa shape index (κ1) is 13.4. The van der Waals surface area contributed by atoms with Gasteiger partial charge in [0.2, 0.25) is 0 Å². The van der Waals surface area contributed by atoms with Crippen LogP contribution in [0.3, 0.4) is 0 Å². The number of anilines is 1. The summed E-state index contributed by atoms with van der Waals surface area (Å²) in [6, 6.07) is -0.0626. The van der Waals surface area contributed by atoms with Crippen LogP contribution >= 0.6 is 0 Å². The number of rotatable bonds is 5. The highest BCUT2D eigenvalue weighted by Crippen LogP contribution is 2.28. The second-order valence-electron chi connectivity index (χ2n) is 4.38. The number of carboxylic acid groups (broad SMARTS) is 1. The third-order valence-electron chi connectivity index (χ3n) is 3.13. The van der Waals surface area contributed by atoms with Crippen molar-refractivity contribution in [3.63, 3.8) is 0 Å². The van der Waals surface area contributed by atoms with Crippen LogP contribution in [0.2, 0.25) is 0 Å². The fourth-order valence-corrected chi connectivity index (χ4v) is 2.23. The predicted octanol–water partition coefficient (Wildman–Crippen LogP) is 1.52. The molecule has 0 saturated heterocycles. The molecule has 0 spiro atoms. The molecule has 1 saturated carbocycles. The normalized spacial score (nSPS) is 22.2. The van der Waals surface area contributed by atoms with Crippen molar-refractivity contribution < 1.29 is 23.8 Å². The average molecular weight is 268 g/mol. The quantitative estimate of drug-likeness (QED) is 0.780. The number of carboxylic acids is 1. The molecule has 19 heavy (non-hydrogen) atoms. The van der Waals surface area contributed by atoms with E-state index in [4.69, 9.17) is 14.3 Å². The Balaban J connectivity index is 2.00. The molecular weight excluding hydrogens is 252 g/mol. The van der Waals surface area contributed by atoms with Crippen molar-refractivity contribution in [2.24, 2.45) is 5.92 Å². The van der Waals surface area contributed by atoms with Crippen molar-refractivity contribution >= 4 is 18.0 Å². The molecule has 2 unspecified atom stereocenters. The maximum atomic E-state index is 11.4. The van der Waals surface area contributed by atoms with Crippen LogP contribution in [0.4, 0.5) is 6.01 Å². The van der Waals surface area contributed by atoms with Gasteiger partial charge in [0.05, 0.1) is 12.5 Å². The Morgan fingerprint density at radius 1 is 1.58 bits per heavy atom. The van der Waals surface area contributed by atoms with Gasteiger partial charge in [-0.1, -0.05) is 6.42 Å². The second-order valence-corrected chi connectivity index (χ2v) is 4.38. The van der Waals surface area contributed by atoms with Crippen molar-refractivity contribution in [1.82, 2.24) is 4.98 Å². The van der Waals surface area contributed by atoms with Crippen molar-refractivity contribution in [1.29, 1.82) is 0 Å². The predicted molar refractivity (Wildman–Crippen MR) is 64.8 cm³/mol. The molecule has 1 aliphatic rings. The lowest BCUT2D eigenvalue weighted by Crippen LogP contribution is -2.29. The van der Waals surface area contributed by atoms with E-state index in [2.05, 4.69) is 10.3 Å². The van der Waals surface area contributed by atoms with Crippen LogP contribution in [0.15, 0.2) is 10.7 Å². The molecule has 1 fully saturated rings. The van der Waals surface area contributed by atoms with Crippen LogP contribution in [0.1, 0.15) is 36.7 Å². The molecule has 0 aliphatic heterocycles.